The summed E-state index contributed by atoms with van der Waals surface area (Å²) in [5.74, 6) is -4.60. The van der Waals surface area contributed by atoms with E-state index in [-0.39, 0.29) is 10.7 Å². The van der Waals surface area contributed by atoms with Gasteiger partial charge in [-0.15, -0.1) is 0 Å². The van der Waals surface area contributed by atoms with Gasteiger partial charge >= 0.3 is 17.2 Å². The number of para-hydroxylation sites is 1. The average Bonchev–Trinajstić information content (AvgIpc) is 3.43. The van der Waals surface area contributed by atoms with Gasteiger partial charge in [0.2, 0.25) is 17.7 Å². The van der Waals surface area contributed by atoms with Gasteiger partial charge in [0.05, 0.1) is 33.4 Å². The lowest BCUT2D eigenvalue weighted by atomic mass is 9.84. The van der Waals surface area contributed by atoms with Gasteiger partial charge in [0.1, 0.15) is 11.8 Å². The molecule has 45 heavy (non-hydrogen) atoms. The summed E-state index contributed by atoms with van der Waals surface area (Å²) in [7, 11) is 0. The molecule has 4 aromatic rings. The third kappa shape index (κ3) is 5.52. The third-order valence-electron chi connectivity index (χ3n) is 7.33. The summed E-state index contributed by atoms with van der Waals surface area (Å²) in [6.07, 6.45) is -6.60. The Morgan fingerprint density at radius 3 is 2.36 bits per heavy atom. The Labute approximate surface area is 257 Å². The first-order chi connectivity index (χ1) is 21.3. The normalized spacial score (nSPS) is 19.8. The number of pyridine rings is 1. The van der Waals surface area contributed by atoms with E-state index in [4.69, 9.17) is 0 Å². The summed E-state index contributed by atoms with van der Waals surface area (Å²) >= 11 is 1.51. The van der Waals surface area contributed by atoms with Crippen LogP contribution in [-0.2, 0) is 33.3 Å². The van der Waals surface area contributed by atoms with Crippen LogP contribution < -0.4 is 15.1 Å². The smallest absolute Gasteiger partial charge is 0.324 e. The zero-order valence-corrected chi connectivity index (χ0v) is 24.1. The molecule has 0 saturated carbocycles. The molecular weight excluding hydrogens is 646 g/mol. The summed E-state index contributed by atoms with van der Waals surface area (Å²) in [5.41, 5.74) is -2.49. The molecule has 0 bridgehead atoms. The average molecular weight is 665 g/mol. The number of hydrogen-bond donors (Lipinski definition) is 1. The first kappa shape index (κ1) is 30.6. The Hall–Kier alpha value is -4.44. The van der Waals surface area contributed by atoms with Gasteiger partial charge < -0.3 is 5.32 Å². The molecule has 6 rings (SSSR count). The number of alkyl halides is 6. The molecule has 4 heterocycles. The molecule has 8 nitrogen and oxygen atoms in total. The number of anilines is 2. The summed E-state index contributed by atoms with van der Waals surface area (Å²) in [6, 6.07) is 11.3. The molecule has 232 valence electrons. The number of halogens is 6. The molecule has 2 aromatic heterocycles. The van der Waals surface area contributed by atoms with Crippen LogP contribution in [0.25, 0.3) is 0 Å². The van der Waals surface area contributed by atoms with Crippen LogP contribution in [0.2, 0.25) is 0 Å². The Morgan fingerprint density at radius 2 is 1.67 bits per heavy atom. The first-order valence-electron chi connectivity index (χ1n) is 13.1. The fraction of sp³-hybridized carbons (Fsp3) is 0.207. The van der Waals surface area contributed by atoms with E-state index in [0.717, 1.165) is 46.7 Å². The monoisotopic (exact) mass is 664 g/mol. The van der Waals surface area contributed by atoms with Crippen molar-refractivity contribution in [2.75, 3.05) is 10.2 Å². The largest absolute Gasteiger partial charge is 0.418 e. The van der Waals surface area contributed by atoms with Gasteiger partial charge in [-0.1, -0.05) is 47.4 Å². The lowest BCUT2D eigenvalue weighted by Crippen LogP contribution is -2.33. The van der Waals surface area contributed by atoms with Crippen LogP contribution in [0.5, 0.6) is 0 Å². The number of nitrogens with zero attached hydrogens (tertiary/aromatic N) is 3. The van der Waals surface area contributed by atoms with E-state index in [1.54, 1.807) is 12.1 Å². The van der Waals surface area contributed by atoms with E-state index in [9.17, 15) is 45.5 Å². The summed E-state index contributed by atoms with van der Waals surface area (Å²) in [6.45, 7) is -0.708. The van der Waals surface area contributed by atoms with Crippen LogP contribution in [0.15, 0.2) is 82.9 Å². The molecule has 2 unspecified atom stereocenters. The van der Waals surface area contributed by atoms with Crippen LogP contribution >= 0.6 is 23.1 Å². The predicted octanol–water partition coefficient (Wildman–Crippen LogP) is 5.78. The molecule has 3 atom stereocenters. The van der Waals surface area contributed by atoms with Crippen molar-refractivity contribution in [3.05, 3.63) is 104 Å². The molecule has 1 fully saturated rings. The molecule has 1 N–H and O–H groups in total. The van der Waals surface area contributed by atoms with E-state index in [1.165, 1.54) is 24.5 Å². The van der Waals surface area contributed by atoms with Crippen molar-refractivity contribution >= 4 is 52.2 Å². The van der Waals surface area contributed by atoms with Crippen molar-refractivity contribution in [2.45, 2.75) is 35.1 Å². The van der Waals surface area contributed by atoms with Crippen molar-refractivity contribution in [3.8, 4) is 0 Å². The van der Waals surface area contributed by atoms with Crippen LogP contribution in [0, 0.1) is 5.92 Å². The second kappa shape index (κ2) is 11.2. The number of fused-ring (bicyclic) bond motifs is 2. The minimum atomic E-state index is -4.76. The van der Waals surface area contributed by atoms with Crippen LogP contribution in [0.3, 0.4) is 0 Å². The van der Waals surface area contributed by atoms with Gasteiger partial charge in [0.25, 0.3) is 0 Å². The van der Waals surface area contributed by atoms with Gasteiger partial charge in [-0.05, 0) is 42.0 Å². The maximum atomic E-state index is 13.8. The number of amides is 3. The lowest BCUT2D eigenvalue weighted by Gasteiger charge is -2.30. The number of thioether (sulfide) groups is 1. The number of rotatable bonds is 5. The molecule has 0 spiro atoms. The standard InChI is InChI=1S/C29H18F6N4O4S2/c30-28(31,32)15-6-3-7-16(11-15)39-24(41)21-20(14-5-4-10-36-12-14)23-26(44-22(21)25(39)42)38(27(43)45-23)13-19(40)37-18-9-2-1-8-17(18)29(33,34)35/h1-12,20-22H,13H2,(H,37,40)/t20-,21?,22?/m1/s1. The van der Waals surface area contributed by atoms with Crippen LogP contribution in [0.1, 0.15) is 27.5 Å². The summed E-state index contributed by atoms with van der Waals surface area (Å²) in [5, 5.41) is 1.14. The van der Waals surface area contributed by atoms with E-state index in [1.807, 2.05) is 0 Å². The number of benzene rings is 2. The highest BCUT2D eigenvalue weighted by Gasteiger charge is 2.57. The Balaban J connectivity index is 1.39. The lowest BCUT2D eigenvalue weighted by molar-refractivity contribution is -0.138. The van der Waals surface area contributed by atoms with Crippen molar-refractivity contribution in [3.63, 3.8) is 0 Å². The highest BCUT2D eigenvalue weighted by molar-refractivity contribution is 8.00. The zero-order valence-electron chi connectivity index (χ0n) is 22.4. The quantitative estimate of drug-likeness (QED) is 0.215. The molecule has 2 aliphatic rings. The van der Waals surface area contributed by atoms with Gasteiger partial charge in [0.15, 0.2) is 0 Å². The highest BCUT2D eigenvalue weighted by Crippen LogP contribution is 2.54. The van der Waals surface area contributed by atoms with Crippen molar-refractivity contribution in [1.29, 1.82) is 0 Å². The fourth-order valence-electron chi connectivity index (χ4n) is 5.42. The highest BCUT2D eigenvalue weighted by atomic mass is 32.2. The molecule has 0 aliphatic carbocycles. The first-order valence-corrected chi connectivity index (χ1v) is 14.8. The number of imide groups is 1. The van der Waals surface area contributed by atoms with Crippen LogP contribution in [-0.4, -0.2) is 32.5 Å². The second-order valence-electron chi connectivity index (χ2n) is 10.1. The van der Waals surface area contributed by atoms with E-state index < -0.39 is 75.4 Å². The molecule has 3 amide bonds. The SMILES string of the molecule is O=C(Cn1c2c(sc1=O)[C@H](c1cccnc1)C1C(=O)N(c3cccc(C(F)(F)F)c3)C(=O)C1S2)Nc1ccccc1C(F)(F)F. The van der Waals surface area contributed by atoms with Gasteiger partial charge in [-0.25, -0.2) is 4.90 Å². The summed E-state index contributed by atoms with van der Waals surface area (Å²) < 4.78 is 81.8. The van der Waals surface area contributed by atoms with Crippen LogP contribution in [0.4, 0.5) is 37.7 Å². The minimum Gasteiger partial charge on any atom is -0.324 e. The van der Waals surface area contributed by atoms with E-state index >= 15 is 0 Å². The molecule has 2 aliphatic heterocycles. The Kier molecular flexibility index (Phi) is 7.59. The fourth-order valence-corrected chi connectivity index (χ4v) is 8.20. The molecule has 16 heteroatoms. The number of thiazole rings is 1. The number of carbonyl (C=O) groups is 3. The van der Waals surface area contributed by atoms with Crippen molar-refractivity contribution in [2.24, 2.45) is 5.92 Å². The second-order valence-corrected chi connectivity index (χ2v) is 12.2. The predicted molar refractivity (Wildman–Crippen MR) is 152 cm³/mol. The van der Waals surface area contributed by atoms with E-state index in [0.29, 0.717) is 32.7 Å². The van der Waals surface area contributed by atoms with E-state index in [2.05, 4.69) is 10.3 Å². The maximum absolute atomic E-state index is 13.8. The van der Waals surface area contributed by atoms with Gasteiger partial charge in [0, 0.05) is 23.2 Å². The topological polar surface area (TPSA) is 101 Å². The minimum absolute atomic E-state index is 0.145. The molecule has 2 aromatic carbocycles. The van der Waals surface area contributed by atoms with Gasteiger partial charge in [-0.3, -0.25) is 28.7 Å². The molecular formula is C29H18F6N4O4S2. The number of hydrogen-bond acceptors (Lipinski definition) is 7. The number of carbonyl (C=O) groups excluding carboxylic acids is 3. The zero-order chi connectivity index (χ0) is 32.3. The van der Waals surface area contributed by atoms with Gasteiger partial charge in [-0.2, -0.15) is 26.3 Å². The molecule has 0 radical (unpaired) electrons. The summed E-state index contributed by atoms with van der Waals surface area (Å²) in [4.78, 5) is 58.2. The Bertz CT molecular complexity index is 1890. The Morgan fingerprint density at radius 1 is 0.911 bits per heavy atom. The number of nitrogens with one attached hydrogen (secondary N) is 1. The number of aromatic nitrogens is 2. The maximum Gasteiger partial charge on any atom is 0.418 e. The third-order valence-corrected chi connectivity index (χ3v) is 9.94. The van der Waals surface area contributed by atoms with Crippen molar-refractivity contribution < 1.29 is 40.7 Å². The van der Waals surface area contributed by atoms with Crippen molar-refractivity contribution in [1.82, 2.24) is 9.55 Å². The molecule has 1 saturated heterocycles.